The molecular weight excluding hydrogens is 190 g/mol. The fourth-order valence-corrected chi connectivity index (χ4v) is 1.86. The quantitative estimate of drug-likeness (QED) is 0.810. The highest BCUT2D eigenvalue weighted by Crippen LogP contribution is 2.24. The molecule has 2 rings (SSSR count). The number of aryl methyl sites for hydroxylation is 1. The summed E-state index contributed by atoms with van der Waals surface area (Å²) in [5.41, 5.74) is 3.04. The maximum atomic E-state index is 10.7. The highest BCUT2D eigenvalue weighted by Gasteiger charge is 2.11. The number of rotatable bonds is 2. The van der Waals surface area contributed by atoms with Gasteiger partial charge in [-0.3, -0.25) is 4.79 Å². The van der Waals surface area contributed by atoms with Gasteiger partial charge in [0, 0.05) is 16.6 Å². The van der Waals surface area contributed by atoms with Crippen LogP contribution in [0, 0.1) is 19.9 Å². The first-order chi connectivity index (χ1) is 7.11. The zero-order valence-electron chi connectivity index (χ0n) is 8.74. The van der Waals surface area contributed by atoms with Crippen molar-refractivity contribution in [2.45, 2.75) is 20.4 Å². The summed E-state index contributed by atoms with van der Waals surface area (Å²) in [6.07, 6.45) is 0. The Kier molecular flexibility index (Phi) is 2.23. The van der Waals surface area contributed by atoms with Crippen LogP contribution in [0.1, 0.15) is 11.3 Å². The molecule has 3 nitrogen and oxygen atoms in total. The number of hydrogen-bond acceptors (Lipinski definition) is 1. The van der Waals surface area contributed by atoms with Crippen molar-refractivity contribution in [3.8, 4) is 0 Å². The molecule has 0 amide bonds. The van der Waals surface area contributed by atoms with Gasteiger partial charge < -0.3 is 9.67 Å². The molecule has 0 fully saturated rings. The highest BCUT2D eigenvalue weighted by atomic mass is 16.4. The lowest BCUT2D eigenvalue weighted by Gasteiger charge is -2.03. The van der Waals surface area contributed by atoms with Crippen LogP contribution in [0.15, 0.2) is 18.2 Å². The molecule has 2 aromatic rings. The van der Waals surface area contributed by atoms with Gasteiger partial charge >= 0.3 is 5.97 Å². The van der Waals surface area contributed by atoms with Gasteiger partial charge in [-0.05, 0) is 31.5 Å². The van der Waals surface area contributed by atoms with E-state index in [1.807, 2.05) is 36.6 Å². The van der Waals surface area contributed by atoms with Crippen molar-refractivity contribution in [1.29, 1.82) is 0 Å². The summed E-state index contributed by atoms with van der Waals surface area (Å²) < 4.78 is 1.81. The molecule has 1 aromatic carbocycles. The molecule has 77 valence electrons. The average molecular weight is 202 g/mol. The summed E-state index contributed by atoms with van der Waals surface area (Å²) in [7, 11) is 0. The minimum Gasteiger partial charge on any atom is -0.480 e. The fraction of sp³-hybridized carbons (Fsp3) is 0.250. The number of nitrogens with zero attached hydrogens (tertiary/aromatic N) is 1. The molecule has 0 aliphatic heterocycles. The number of carboxylic acid groups (broad SMARTS) is 1. The molecule has 3 heteroatoms. The third kappa shape index (κ3) is 1.50. The Balaban J connectivity index is 2.72. The van der Waals surface area contributed by atoms with Crippen LogP contribution in [-0.2, 0) is 11.3 Å². The van der Waals surface area contributed by atoms with E-state index in [-0.39, 0.29) is 6.54 Å². The molecule has 1 N–H and O–H groups in total. The van der Waals surface area contributed by atoms with Crippen LogP contribution >= 0.6 is 0 Å². The van der Waals surface area contributed by atoms with Crippen LogP contribution in [0.3, 0.4) is 0 Å². The Morgan fingerprint density at radius 1 is 1.53 bits per heavy atom. The number of hydrogen-bond donors (Lipinski definition) is 1. The van der Waals surface area contributed by atoms with Gasteiger partial charge in [-0.25, -0.2) is 0 Å². The van der Waals surface area contributed by atoms with Crippen LogP contribution in [-0.4, -0.2) is 15.6 Å². The Morgan fingerprint density at radius 2 is 2.27 bits per heavy atom. The first kappa shape index (κ1) is 9.77. The van der Waals surface area contributed by atoms with Gasteiger partial charge in [0.25, 0.3) is 0 Å². The third-order valence-electron chi connectivity index (χ3n) is 2.74. The minimum atomic E-state index is -0.821. The van der Waals surface area contributed by atoms with Gasteiger partial charge in [0.05, 0.1) is 0 Å². The SMILES string of the molecule is Cc1c(C)n(CC(=O)O)c2ccc[c]c12. The van der Waals surface area contributed by atoms with Crippen molar-refractivity contribution in [3.63, 3.8) is 0 Å². The number of benzene rings is 1. The van der Waals surface area contributed by atoms with Crippen LogP contribution < -0.4 is 0 Å². The van der Waals surface area contributed by atoms with E-state index in [1.165, 1.54) is 0 Å². The fourth-order valence-electron chi connectivity index (χ4n) is 1.86. The monoisotopic (exact) mass is 202 g/mol. The van der Waals surface area contributed by atoms with E-state index in [9.17, 15) is 4.79 Å². The van der Waals surface area contributed by atoms with E-state index in [2.05, 4.69) is 6.07 Å². The molecule has 0 saturated carbocycles. The molecule has 0 spiro atoms. The second-order valence-corrected chi connectivity index (χ2v) is 3.62. The second-order valence-electron chi connectivity index (χ2n) is 3.62. The molecule has 0 atom stereocenters. The summed E-state index contributed by atoms with van der Waals surface area (Å²) in [5.74, 6) is -0.821. The van der Waals surface area contributed by atoms with E-state index in [1.54, 1.807) is 0 Å². The number of fused-ring (bicyclic) bond motifs is 1. The number of carboxylic acids is 1. The predicted octanol–water partition coefficient (Wildman–Crippen LogP) is 2.14. The molecule has 1 aromatic heterocycles. The molecule has 0 unspecified atom stereocenters. The third-order valence-corrected chi connectivity index (χ3v) is 2.74. The van der Waals surface area contributed by atoms with Gasteiger partial charge in [0.1, 0.15) is 6.54 Å². The van der Waals surface area contributed by atoms with Gasteiger partial charge in [0.15, 0.2) is 0 Å². The summed E-state index contributed by atoms with van der Waals surface area (Å²) in [6.45, 7) is 3.94. The lowest BCUT2D eigenvalue weighted by atomic mass is 10.2. The molecule has 0 bridgehead atoms. The van der Waals surface area contributed by atoms with Crippen LogP contribution in [0.4, 0.5) is 0 Å². The topological polar surface area (TPSA) is 42.2 Å². The Hall–Kier alpha value is -1.77. The van der Waals surface area contributed by atoms with Crippen LogP contribution in [0.25, 0.3) is 10.9 Å². The Labute approximate surface area is 87.9 Å². The summed E-state index contributed by atoms with van der Waals surface area (Å²) in [6, 6.07) is 8.79. The number of aliphatic carboxylic acids is 1. The average Bonchev–Trinajstić information content (AvgIpc) is 2.44. The second kappa shape index (κ2) is 3.42. The number of carbonyl (C=O) groups is 1. The van der Waals surface area contributed by atoms with Crippen molar-refractivity contribution in [2.24, 2.45) is 0 Å². The van der Waals surface area contributed by atoms with Gasteiger partial charge in [-0.1, -0.05) is 12.1 Å². The lowest BCUT2D eigenvalue weighted by Crippen LogP contribution is -2.09. The molecule has 15 heavy (non-hydrogen) atoms. The molecular formula is C12H12NO2. The molecule has 0 aliphatic carbocycles. The van der Waals surface area contributed by atoms with Gasteiger partial charge in [-0.2, -0.15) is 0 Å². The minimum absolute atomic E-state index is 0.00796. The maximum absolute atomic E-state index is 10.7. The molecule has 0 saturated heterocycles. The van der Waals surface area contributed by atoms with Crippen LogP contribution in [0.5, 0.6) is 0 Å². The van der Waals surface area contributed by atoms with Crippen molar-refractivity contribution < 1.29 is 9.90 Å². The van der Waals surface area contributed by atoms with Crippen molar-refractivity contribution >= 4 is 16.9 Å². The molecule has 1 heterocycles. The smallest absolute Gasteiger partial charge is 0.323 e. The van der Waals surface area contributed by atoms with Crippen molar-refractivity contribution in [3.05, 3.63) is 35.5 Å². The van der Waals surface area contributed by atoms with E-state index in [0.717, 1.165) is 22.2 Å². The highest BCUT2D eigenvalue weighted by molar-refractivity contribution is 5.85. The largest absolute Gasteiger partial charge is 0.480 e. The van der Waals surface area contributed by atoms with E-state index in [0.29, 0.717) is 0 Å². The first-order valence-electron chi connectivity index (χ1n) is 4.79. The normalized spacial score (nSPS) is 10.8. The van der Waals surface area contributed by atoms with Crippen molar-refractivity contribution in [2.75, 3.05) is 0 Å². The van der Waals surface area contributed by atoms with Gasteiger partial charge in [-0.15, -0.1) is 0 Å². The first-order valence-corrected chi connectivity index (χ1v) is 4.79. The van der Waals surface area contributed by atoms with Gasteiger partial charge in [0.2, 0.25) is 0 Å². The summed E-state index contributed by atoms with van der Waals surface area (Å²) in [4.78, 5) is 10.7. The predicted molar refractivity (Wildman–Crippen MR) is 57.9 cm³/mol. The van der Waals surface area contributed by atoms with E-state index >= 15 is 0 Å². The van der Waals surface area contributed by atoms with Crippen LogP contribution in [0.2, 0.25) is 0 Å². The van der Waals surface area contributed by atoms with Crippen molar-refractivity contribution in [1.82, 2.24) is 4.57 Å². The molecule has 0 aliphatic rings. The zero-order chi connectivity index (χ0) is 11.0. The Morgan fingerprint density at radius 3 is 2.93 bits per heavy atom. The summed E-state index contributed by atoms with van der Waals surface area (Å²) in [5, 5.41) is 9.84. The van der Waals surface area contributed by atoms with E-state index < -0.39 is 5.97 Å². The standard InChI is InChI=1S/C12H12NO2/c1-8-9(2)13(7-12(14)15)11-6-4-3-5-10(8)11/h3-4,6H,7H2,1-2H3,(H,14,15). The Bertz CT molecular complexity index is 526. The van der Waals surface area contributed by atoms with E-state index in [4.69, 9.17) is 5.11 Å². The number of aromatic nitrogens is 1. The zero-order valence-corrected chi connectivity index (χ0v) is 8.74. The summed E-state index contributed by atoms with van der Waals surface area (Å²) >= 11 is 0. The lowest BCUT2D eigenvalue weighted by molar-refractivity contribution is -0.137. The molecule has 1 radical (unpaired) electrons. The maximum Gasteiger partial charge on any atom is 0.323 e.